The molecular formula is C15H26N4S. The Balaban J connectivity index is 2.03. The Labute approximate surface area is 125 Å². The summed E-state index contributed by atoms with van der Waals surface area (Å²) in [6, 6.07) is 0.558. The van der Waals surface area contributed by atoms with Crippen molar-refractivity contribution >= 4 is 16.3 Å². The molecule has 0 aliphatic heterocycles. The quantitative estimate of drug-likeness (QED) is 0.889. The fourth-order valence-corrected chi connectivity index (χ4v) is 3.56. The number of nitrogens with zero attached hydrogens (tertiary/aromatic N) is 3. The molecule has 2 aromatic heterocycles. The van der Waals surface area contributed by atoms with Gasteiger partial charge >= 0.3 is 0 Å². The predicted molar refractivity (Wildman–Crippen MR) is 86.6 cm³/mol. The average Bonchev–Trinajstić information content (AvgIpc) is 2.80. The molecule has 112 valence electrons. The fourth-order valence-electron chi connectivity index (χ4n) is 2.68. The molecule has 0 fully saturated rings. The molecule has 2 heterocycles. The number of nitrogens with one attached hydrogen (secondary N) is 1. The summed E-state index contributed by atoms with van der Waals surface area (Å²) in [5.41, 5.74) is 2.42. The highest BCUT2D eigenvalue weighted by atomic mass is 32.1. The van der Waals surface area contributed by atoms with E-state index in [2.05, 4.69) is 67.6 Å². The van der Waals surface area contributed by atoms with E-state index in [0.29, 0.717) is 12.0 Å². The van der Waals surface area contributed by atoms with Crippen LogP contribution in [0.3, 0.4) is 0 Å². The highest BCUT2D eigenvalue weighted by molar-refractivity contribution is 7.17. The van der Waals surface area contributed by atoms with Crippen molar-refractivity contribution in [3.63, 3.8) is 0 Å². The molecule has 4 nitrogen and oxygen atoms in total. The van der Waals surface area contributed by atoms with Gasteiger partial charge in [0, 0.05) is 30.2 Å². The summed E-state index contributed by atoms with van der Waals surface area (Å²) in [6.45, 7) is 10.7. The van der Waals surface area contributed by atoms with Crippen molar-refractivity contribution in [2.75, 3.05) is 20.6 Å². The van der Waals surface area contributed by atoms with Gasteiger partial charge in [-0.05, 0) is 33.9 Å². The third-order valence-corrected chi connectivity index (χ3v) is 4.72. The standard InChI is InChI=1S/C15H26N4S/c1-10(2)13(18(5)6)7-16-8-14-12(4)17-15-19(14)9-11(3)20-15/h9-10,13,16H,7-8H2,1-6H3. The van der Waals surface area contributed by atoms with Crippen LogP contribution in [-0.2, 0) is 6.54 Å². The Kier molecular flexibility index (Phi) is 4.83. The first-order chi connectivity index (χ1) is 9.40. The van der Waals surface area contributed by atoms with Crippen molar-refractivity contribution < 1.29 is 0 Å². The number of fused-ring (bicyclic) bond motifs is 1. The van der Waals surface area contributed by atoms with Crippen LogP contribution >= 0.6 is 11.3 Å². The van der Waals surface area contributed by atoms with Gasteiger partial charge in [0.1, 0.15) is 0 Å². The van der Waals surface area contributed by atoms with Gasteiger partial charge in [0.05, 0.1) is 11.4 Å². The average molecular weight is 294 g/mol. The first kappa shape index (κ1) is 15.5. The van der Waals surface area contributed by atoms with Crippen LogP contribution in [-0.4, -0.2) is 41.0 Å². The maximum atomic E-state index is 4.63. The van der Waals surface area contributed by atoms with Gasteiger partial charge in [-0.2, -0.15) is 0 Å². The molecule has 1 N–H and O–H groups in total. The molecule has 1 atom stereocenters. The van der Waals surface area contributed by atoms with Crippen LogP contribution in [0.15, 0.2) is 6.20 Å². The van der Waals surface area contributed by atoms with Gasteiger partial charge in [0.15, 0.2) is 4.96 Å². The molecule has 2 rings (SSSR count). The lowest BCUT2D eigenvalue weighted by atomic mass is 10.0. The third kappa shape index (κ3) is 3.22. The minimum atomic E-state index is 0.558. The van der Waals surface area contributed by atoms with Gasteiger partial charge in [0.2, 0.25) is 0 Å². The van der Waals surface area contributed by atoms with Crippen LogP contribution < -0.4 is 5.32 Å². The number of aromatic nitrogens is 2. The van der Waals surface area contributed by atoms with Gasteiger partial charge in [-0.3, -0.25) is 4.40 Å². The van der Waals surface area contributed by atoms with Crippen LogP contribution in [0, 0.1) is 19.8 Å². The number of imidazole rings is 1. The number of aryl methyl sites for hydroxylation is 2. The van der Waals surface area contributed by atoms with Crippen LogP contribution in [0.1, 0.15) is 30.1 Å². The molecule has 20 heavy (non-hydrogen) atoms. The monoisotopic (exact) mass is 294 g/mol. The second-order valence-corrected chi connectivity index (χ2v) is 7.26. The van der Waals surface area contributed by atoms with Crippen LogP contribution in [0.4, 0.5) is 0 Å². The summed E-state index contributed by atoms with van der Waals surface area (Å²) >= 11 is 1.75. The number of thiazole rings is 1. The molecule has 0 bridgehead atoms. The van der Waals surface area contributed by atoms with E-state index in [1.165, 1.54) is 10.6 Å². The van der Waals surface area contributed by atoms with Crippen molar-refractivity contribution in [2.24, 2.45) is 5.92 Å². The molecule has 0 saturated carbocycles. The molecule has 0 radical (unpaired) electrons. The van der Waals surface area contributed by atoms with Crippen LogP contribution in [0.2, 0.25) is 0 Å². The zero-order valence-corrected chi connectivity index (χ0v) is 14.2. The van der Waals surface area contributed by atoms with E-state index in [1.807, 2.05) is 0 Å². The van der Waals surface area contributed by atoms with Gasteiger partial charge < -0.3 is 10.2 Å². The van der Waals surface area contributed by atoms with Gasteiger partial charge in [-0.15, -0.1) is 11.3 Å². The van der Waals surface area contributed by atoms with E-state index in [0.717, 1.165) is 23.7 Å². The lowest BCUT2D eigenvalue weighted by Crippen LogP contribution is -2.41. The normalized spacial score (nSPS) is 13.8. The van der Waals surface area contributed by atoms with E-state index in [-0.39, 0.29) is 0 Å². The first-order valence-electron chi connectivity index (χ1n) is 7.21. The van der Waals surface area contributed by atoms with E-state index < -0.39 is 0 Å². The van der Waals surface area contributed by atoms with E-state index in [1.54, 1.807) is 11.3 Å². The lowest BCUT2D eigenvalue weighted by Gasteiger charge is -2.28. The number of hydrogen-bond donors (Lipinski definition) is 1. The highest BCUT2D eigenvalue weighted by Gasteiger charge is 2.16. The van der Waals surface area contributed by atoms with Crippen molar-refractivity contribution in [1.29, 1.82) is 0 Å². The third-order valence-electron chi connectivity index (χ3n) is 3.82. The summed E-state index contributed by atoms with van der Waals surface area (Å²) in [5, 5.41) is 3.59. The van der Waals surface area contributed by atoms with E-state index in [9.17, 15) is 0 Å². The molecule has 0 aromatic carbocycles. The Morgan fingerprint density at radius 3 is 2.65 bits per heavy atom. The van der Waals surface area contributed by atoms with E-state index >= 15 is 0 Å². The largest absolute Gasteiger partial charge is 0.310 e. The van der Waals surface area contributed by atoms with Crippen molar-refractivity contribution in [3.05, 3.63) is 22.5 Å². The lowest BCUT2D eigenvalue weighted by molar-refractivity contribution is 0.224. The molecule has 0 aliphatic carbocycles. The Morgan fingerprint density at radius 2 is 2.05 bits per heavy atom. The summed E-state index contributed by atoms with van der Waals surface area (Å²) in [5.74, 6) is 0.646. The van der Waals surface area contributed by atoms with E-state index in [4.69, 9.17) is 0 Å². The van der Waals surface area contributed by atoms with Crippen molar-refractivity contribution in [2.45, 2.75) is 40.3 Å². The van der Waals surface area contributed by atoms with Crippen LogP contribution in [0.25, 0.3) is 4.96 Å². The molecule has 0 aliphatic rings. The molecule has 1 unspecified atom stereocenters. The summed E-state index contributed by atoms with van der Waals surface area (Å²) in [6.07, 6.45) is 2.18. The second-order valence-electron chi connectivity index (χ2n) is 6.04. The smallest absolute Gasteiger partial charge is 0.194 e. The Morgan fingerprint density at radius 1 is 1.35 bits per heavy atom. The molecule has 0 saturated heterocycles. The highest BCUT2D eigenvalue weighted by Crippen LogP contribution is 2.20. The number of rotatable bonds is 6. The van der Waals surface area contributed by atoms with Gasteiger partial charge in [-0.1, -0.05) is 13.8 Å². The predicted octanol–water partition coefficient (Wildman–Crippen LogP) is 2.69. The fraction of sp³-hybridized carbons (Fsp3) is 0.667. The van der Waals surface area contributed by atoms with Crippen LogP contribution in [0.5, 0.6) is 0 Å². The molecule has 5 heteroatoms. The molecular weight excluding hydrogens is 268 g/mol. The Hall–Kier alpha value is -0.910. The minimum absolute atomic E-state index is 0.558. The molecule has 0 amide bonds. The molecule has 2 aromatic rings. The second kappa shape index (κ2) is 6.24. The maximum absolute atomic E-state index is 4.63. The van der Waals surface area contributed by atoms with Gasteiger partial charge in [0.25, 0.3) is 0 Å². The van der Waals surface area contributed by atoms with Gasteiger partial charge in [-0.25, -0.2) is 4.98 Å². The van der Waals surface area contributed by atoms with Crippen molar-refractivity contribution in [3.8, 4) is 0 Å². The zero-order chi connectivity index (χ0) is 14.9. The summed E-state index contributed by atoms with van der Waals surface area (Å²) < 4.78 is 2.22. The Bertz CT molecular complexity index is 560. The minimum Gasteiger partial charge on any atom is -0.310 e. The number of hydrogen-bond acceptors (Lipinski definition) is 4. The summed E-state index contributed by atoms with van der Waals surface area (Å²) in [7, 11) is 4.30. The number of likely N-dealkylation sites (N-methyl/N-ethyl adjacent to an activating group) is 1. The first-order valence-corrected chi connectivity index (χ1v) is 8.03. The summed E-state index contributed by atoms with van der Waals surface area (Å²) in [4.78, 5) is 9.34. The topological polar surface area (TPSA) is 32.6 Å². The van der Waals surface area contributed by atoms with Crippen molar-refractivity contribution in [1.82, 2.24) is 19.6 Å². The molecule has 0 spiro atoms. The zero-order valence-electron chi connectivity index (χ0n) is 13.4. The SMILES string of the molecule is Cc1cn2c(CNCC(C(C)C)N(C)C)c(C)nc2s1. The maximum Gasteiger partial charge on any atom is 0.194 e.